The normalized spacial score (nSPS) is 12.0. The number of nitrogens with zero attached hydrogens (tertiary/aromatic N) is 1. The Morgan fingerprint density at radius 2 is 1.68 bits per heavy atom. The summed E-state index contributed by atoms with van der Waals surface area (Å²) < 4.78 is 38.9. The van der Waals surface area contributed by atoms with Crippen molar-refractivity contribution >= 4 is 44.8 Å². The van der Waals surface area contributed by atoms with Crippen LogP contribution >= 0.6 is 11.6 Å². The van der Waals surface area contributed by atoms with Gasteiger partial charge in [-0.25, -0.2) is 12.8 Å². The molecule has 7 nitrogen and oxygen atoms in total. The van der Waals surface area contributed by atoms with Crippen LogP contribution in [0, 0.1) is 5.82 Å². The van der Waals surface area contributed by atoms with Gasteiger partial charge in [-0.2, -0.15) is 0 Å². The first-order valence-electron chi connectivity index (χ1n) is 10.2. The van der Waals surface area contributed by atoms with Crippen LogP contribution in [0.4, 0.5) is 15.8 Å². The highest BCUT2D eigenvalue weighted by atomic mass is 35.5. The van der Waals surface area contributed by atoms with E-state index >= 15 is 0 Å². The fourth-order valence-corrected chi connectivity index (χ4v) is 4.27. The summed E-state index contributed by atoms with van der Waals surface area (Å²) in [5, 5.41) is 5.19. The molecule has 178 valence electrons. The zero-order valence-electron chi connectivity index (χ0n) is 18.5. The maximum atomic E-state index is 13.5. The maximum absolute atomic E-state index is 13.5. The summed E-state index contributed by atoms with van der Waals surface area (Å²) in [6, 6.07) is 18.9. The van der Waals surface area contributed by atoms with Crippen LogP contribution in [-0.2, 0) is 14.8 Å². The van der Waals surface area contributed by atoms with Crippen LogP contribution in [0.3, 0.4) is 0 Å². The van der Waals surface area contributed by atoms with Gasteiger partial charge >= 0.3 is 0 Å². The van der Waals surface area contributed by atoms with Crippen LogP contribution in [0.5, 0.6) is 0 Å². The molecule has 2 N–H and O–H groups in total. The molecule has 0 saturated carbocycles. The van der Waals surface area contributed by atoms with Crippen molar-refractivity contribution in [2.24, 2.45) is 0 Å². The van der Waals surface area contributed by atoms with Crippen LogP contribution in [0.1, 0.15) is 28.9 Å². The number of amides is 2. The molecule has 0 saturated heterocycles. The molecule has 3 rings (SSSR count). The minimum absolute atomic E-state index is 0.0340. The van der Waals surface area contributed by atoms with E-state index in [0.29, 0.717) is 0 Å². The molecule has 1 unspecified atom stereocenters. The predicted molar refractivity (Wildman–Crippen MR) is 131 cm³/mol. The lowest BCUT2D eigenvalue weighted by Gasteiger charge is -2.22. The van der Waals surface area contributed by atoms with E-state index in [1.807, 2.05) is 37.3 Å². The van der Waals surface area contributed by atoms with Gasteiger partial charge in [0.25, 0.3) is 5.91 Å². The zero-order chi connectivity index (χ0) is 24.9. The summed E-state index contributed by atoms with van der Waals surface area (Å²) in [6.07, 6.45) is 0.921. The third-order valence-corrected chi connectivity index (χ3v) is 6.40. The first-order valence-corrected chi connectivity index (χ1v) is 12.5. The molecule has 34 heavy (non-hydrogen) atoms. The summed E-state index contributed by atoms with van der Waals surface area (Å²) in [5.74, 6) is -1.81. The Labute approximate surface area is 202 Å². The van der Waals surface area contributed by atoms with E-state index in [2.05, 4.69) is 10.6 Å². The second kappa shape index (κ2) is 10.7. The molecule has 0 spiro atoms. The van der Waals surface area contributed by atoms with Gasteiger partial charge in [-0.3, -0.25) is 13.9 Å². The number of rotatable bonds is 8. The fraction of sp³-hybridized carbons (Fsp3) is 0.167. The summed E-state index contributed by atoms with van der Waals surface area (Å²) in [4.78, 5) is 25.6. The van der Waals surface area contributed by atoms with Gasteiger partial charge in [0.15, 0.2) is 0 Å². The number of nitrogens with one attached hydrogen (secondary N) is 2. The molecule has 0 bridgehead atoms. The van der Waals surface area contributed by atoms with Gasteiger partial charge in [-0.15, -0.1) is 0 Å². The smallest absolute Gasteiger partial charge is 0.253 e. The SMILES string of the molecule is CC(NC(=O)c1ccccc1NC(=O)CN(c1ccc(F)c(Cl)c1)S(C)(=O)=O)c1ccccc1. The Morgan fingerprint density at radius 3 is 2.32 bits per heavy atom. The third kappa shape index (κ3) is 6.33. The van der Waals surface area contributed by atoms with Crippen molar-refractivity contribution < 1.29 is 22.4 Å². The molecule has 10 heteroatoms. The number of halogens is 2. The number of sulfonamides is 1. The highest BCUT2D eigenvalue weighted by Gasteiger charge is 2.23. The van der Waals surface area contributed by atoms with E-state index in [0.717, 1.165) is 28.3 Å². The minimum Gasteiger partial charge on any atom is -0.345 e. The topological polar surface area (TPSA) is 95.6 Å². The lowest BCUT2D eigenvalue weighted by Crippen LogP contribution is -2.38. The summed E-state index contributed by atoms with van der Waals surface area (Å²) >= 11 is 5.77. The standard InChI is InChI=1S/C24H23ClFN3O4S/c1-16(17-8-4-3-5-9-17)27-24(31)19-10-6-7-11-22(19)28-23(30)15-29(34(2,32)33)18-12-13-21(26)20(25)14-18/h3-14,16H,15H2,1-2H3,(H,27,31)(H,28,30). The molecule has 0 heterocycles. The van der Waals surface area contributed by atoms with E-state index < -0.39 is 34.2 Å². The molecular formula is C24H23ClFN3O4S. The number of anilines is 2. The molecule has 0 aliphatic heterocycles. The van der Waals surface area contributed by atoms with Crippen molar-refractivity contribution in [1.29, 1.82) is 0 Å². The van der Waals surface area contributed by atoms with Crippen LogP contribution in [0.25, 0.3) is 0 Å². The van der Waals surface area contributed by atoms with Gasteiger partial charge in [0, 0.05) is 0 Å². The molecule has 0 radical (unpaired) electrons. The number of benzene rings is 3. The van der Waals surface area contributed by atoms with Crippen LogP contribution < -0.4 is 14.9 Å². The second-order valence-corrected chi connectivity index (χ2v) is 9.88. The first-order chi connectivity index (χ1) is 16.1. The monoisotopic (exact) mass is 503 g/mol. The molecule has 0 aliphatic carbocycles. The van der Waals surface area contributed by atoms with Crippen LogP contribution in [0.15, 0.2) is 72.8 Å². The predicted octanol–water partition coefficient (Wildman–Crippen LogP) is 4.37. The van der Waals surface area contributed by atoms with Crippen molar-refractivity contribution in [2.45, 2.75) is 13.0 Å². The Hall–Kier alpha value is -3.43. The average Bonchev–Trinajstić information content (AvgIpc) is 2.79. The van der Waals surface area contributed by atoms with E-state index in [1.54, 1.807) is 24.3 Å². The minimum atomic E-state index is -3.90. The van der Waals surface area contributed by atoms with Crippen molar-refractivity contribution in [3.63, 3.8) is 0 Å². The Bertz CT molecular complexity index is 1300. The number of hydrogen-bond donors (Lipinski definition) is 2. The molecule has 3 aromatic carbocycles. The van der Waals surface area contributed by atoms with Gasteiger partial charge in [0.2, 0.25) is 15.9 Å². The highest BCUT2D eigenvalue weighted by molar-refractivity contribution is 7.92. The van der Waals surface area contributed by atoms with E-state index in [1.165, 1.54) is 6.07 Å². The number of hydrogen-bond acceptors (Lipinski definition) is 4. The highest BCUT2D eigenvalue weighted by Crippen LogP contribution is 2.25. The van der Waals surface area contributed by atoms with Gasteiger partial charge < -0.3 is 10.6 Å². The number of carbonyl (C=O) groups is 2. The van der Waals surface area contributed by atoms with Crippen LogP contribution in [0.2, 0.25) is 5.02 Å². The van der Waals surface area contributed by atoms with E-state index in [9.17, 15) is 22.4 Å². The van der Waals surface area contributed by atoms with Crippen molar-refractivity contribution in [3.05, 3.63) is 94.8 Å². The Kier molecular flexibility index (Phi) is 7.90. The van der Waals surface area contributed by atoms with Crippen LogP contribution in [-0.4, -0.2) is 33.0 Å². The molecule has 3 aromatic rings. The summed E-state index contributed by atoms with van der Waals surface area (Å²) in [5.41, 5.74) is 1.39. The second-order valence-electron chi connectivity index (χ2n) is 7.57. The van der Waals surface area contributed by atoms with Gasteiger partial charge in [-0.1, -0.05) is 54.1 Å². The van der Waals surface area contributed by atoms with Gasteiger partial charge in [-0.05, 0) is 42.8 Å². The van der Waals surface area contributed by atoms with Gasteiger partial charge in [0.05, 0.1) is 34.3 Å². The number of carbonyl (C=O) groups excluding carboxylic acids is 2. The summed E-state index contributed by atoms with van der Waals surface area (Å²) in [7, 11) is -3.90. The molecule has 0 aromatic heterocycles. The molecule has 0 aliphatic rings. The van der Waals surface area contributed by atoms with Crippen molar-refractivity contribution in [2.75, 3.05) is 22.4 Å². The summed E-state index contributed by atoms with van der Waals surface area (Å²) in [6.45, 7) is 1.24. The largest absolute Gasteiger partial charge is 0.345 e. The average molecular weight is 504 g/mol. The van der Waals surface area contributed by atoms with Crippen molar-refractivity contribution in [1.82, 2.24) is 5.32 Å². The quantitative estimate of drug-likeness (QED) is 0.477. The maximum Gasteiger partial charge on any atom is 0.253 e. The Morgan fingerprint density at radius 1 is 1.03 bits per heavy atom. The van der Waals surface area contributed by atoms with Crippen molar-refractivity contribution in [3.8, 4) is 0 Å². The molecule has 0 fully saturated rings. The van der Waals surface area contributed by atoms with E-state index in [-0.39, 0.29) is 28.0 Å². The fourth-order valence-electron chi connectivity index (χ4n) is 3.25. The molecule has 1 atom stereocenters. The lowest BCUT2D eigenvalue weighted by atomic mass is 10.1. The molecular weight excluding hydrogens is 481 g/mol. The number of para-hydroxylation sites is 1. The zero-order valence-corrected chi connectivity index (χ0v) is 20.0. The first kappa shape index (κ1) is 25.2. The van der Waals surface area contributed by atoms with Gasteiger partial charge in [0.1, 0.15) is 12.4 Å². The third-order valence-electron chi connectivity index (χ3n) is 4.97. The Balaban J connectivity index is 1.78. The molecule has 2 amide bonds. The van der Waals surface area contributed by atoms with E-state index in [4.69, 9.17) is 11.6 Å². The lowest BCUT2D eigenvalue weighted by molar-refractivity contribution is -0.114.